The minimum atomic E-state index is -0.970. The summed E-state index contributed by atoms with van der Waals surface area (Å²) in [5.74, 6) is -2.16. The SMILES string of the molecule is C=C/C=C\C(C(=O)N1CCC(C#N)([C@@H](C)c2c(F)cccc2F)CC1)=C(/C)c1ccncn1. The molecule has 1 amide bonds. The number of halogens is 2. The van der Waals surface area contributed by atoms with Gasteiger partial charge < -0.3 is 4.90 Å². The number of rotatable bonds is 6. The number of benzene rings is 1. The van der Waals surface area contributed by atoms with E-state index in [0.29, 0.717) is 42.8 Å². The van der Waals surface area contributed by atoms with Crippen molar-refractivity contribution in [2.24, 2.45) is 5.41 Å². The van der Waals surface area contributed by atoms with E-state index < -0.39 is 23.0 Å². The molecule has 0 unspecified atom stereocenters. The maximum atomic E-state index is 14.4. The lowest BCUT2D eigenvalue weighted by Gasteiger charge is -2.41. The van der Waals surface area contributed by atoms with Gasteiger partial charge in [-0.2, -0.15) is 5.26 Å². The standard InChI is InChI=1S/C26H26F2N4O/c1-4-5-7-20(18(2)23-10-13-30-17-31-23)25(33)32-14-11-26(16-29,12-15-32)19(3)24-21(27)8-6-9-22(24)28/h4-10,13,17,19H,1,11-12,14-15H2,2-3H3/b7-5-,20-18-/t19-/m0/s1. The molecular weight excluding hydrogens is 422 g/mol. The van der Waals surface area contributed by atoms with Crippen molar-refractivity contribution in [3.05, 3.63) is 90.1 Å². The molecule has 2 heterocycles. The minimum absolute atomic E-state index is 0.0760. The molecule has 170 valence electrons. The molecule has 1 saturated heterocycles. The van der Waals surface area contributed by atoms with Crippen LogP contribution >= 0.6 is 0 Å². The number of aromatic nitrogens is 2. The first-order valence-electron chi connectivity index (χ1n) is 10.8. The highest BCUT2D eigenvalue weighted by Gasteiger charge is 2.43. The molecule has 7 heteroatoms. The Hall–Kier alpha value is -3.66. The first-order chi connectivity index (χ1) is 15.8. The monoisotopic (exact) mass is 448 g/mol. The highest BCUT2D eigenvalue weighted by Crippen LogP contribution is 2.45. The van der Waals surface area contributed by atoms with Gasteiger partial charge in [-0.05, 0) is 49.6 Å². The van der Waals surface area contributed by atoms with Crippen molar-refractivity contribution >= 4 is 11.5 Å². The molecule has 0 N–H and O–H groups in total. The van der Waals surface area contributed by atoms with Crippen LogP contribution in [0.2, 0.25) is 0 Å². The second kappa shape index (κ2) is 10.3. The molecular formula is C26H26F2N4O. The Morgan fingerprint density at radius 2 is 1.94 bits per heavy atom. The molecule has 5 nitrogen and oxygen atoms in total. The molecule has 1 fully saturated rings. The van der Waals surface area contributed by atoms with Crippen molar-refractivity contribution in [3.63, 3.8) is 0 Å². The molecule has 0 spiro atoms. The van der Waals surface area contributed by atoms with Gasteiger partial charge in [0.1, 0.15) is 18.0 Å². The second-order valence-corrected chi connectivity index (χ2v) is 8.15. The van der Waals surface area contributed by atoms with Gasteiger partial charge in [0.2, 0.25) is 0 Å². The molecule has 1 aliphatic rings. The van der Waals surface area contributed by atoms with Crippen LogP contribution in [0.5, 0.6) is 0 Å². The molecule has 33 heavy (non-hydrogen) atoms. The summed E-state index contributed by atoms with van der Waals surface area (Å²) in [6, 6.07) is 7.77. The topological polar surface area (TPSA) is 69.9 Å². The van der Waals surface area contributed by atoms with E-state index in [1.807, 2.05) is 6.92 Å². The molecule has 0 saturated carbocycles. The van der Waals surface area contributed by atoms with Crippen LogP contribution in [0.15, 0.2) is 67.2 Å². The number of nitrogens with zero attached hydrogens (tertiary/aromatic N) is 4. The molecule has 0 bridgehead atoms. The number of carbonyl (C=O) groups excluding carboxylic acids is 1. The van der Waals surface area contributed by atoms with Crippen LogP contribution in [0.1, 0.15) is 43.9 Å². The molecule has 2 aromatic rings. The summed E-state index contributed by atoms with van der Waals surface area (Å²) in [6.07, 6.45) is 8.62. The van der Waals surface area contributed by atoms with Gasteiger partial charge in [0, 0.05) is 36.3 Å². The van der Waals surface area contributed by atoms with Crippen LogP contribution in [0.25, 0.3) is 5.57 Å². The summed E-state index contributed by atoms with van der Waals surface area (Å²) in [7, 11) is 0. The third kappa shape index (κ3) is 4.90. The van der Waals surface area contributed by atoms with E-state index in [4.69, 9.17) is 0 Å². The van der Waals surface area contributed by atoms with Gasteiger partial charge in [0.05, 0.1) is 17.2 Å². The maximum absolute atomic E-state index is 14.4. The van der Waals surface area contributed by atoms with E-state index >= 15 is 0 Å². The summed E-state index contributed by atoms with van der Waals surface area (Å²) >= 11 is 0. The highest BCUT2D eigenvalue weighted by molar-refractivity contribution is 6.03. The molecule has 1 aromatic carbocycles. The predicted molar refractivity (Wildman–Crippen MR) is 123 cm³/mol. The van der Waals surface area contributed by atoms with Gasteiger partial charge in [-0.3, -0.25) is 4.79 Å². The van der Waals surface area contributed by atoms with Gasteiger partial charge >= 0.3 is 0 Å². The van der Waals surface area contributed by atoms with E-state index in [2.05, 4.69) is 22.6 Å². The van der Waals surface area contributed by atoms with E-state index in [1.165, 1.54) is 24.5 Å². The van der Waals surface area contributed by atoms with Crippen LogP contribution in [0, 0.1) is 28.4 Å². The van der Waals surface area contributed by atoms with Gasteiger partial charge in [0.25, 0.3) is 5.91 Å². The third-order valence-corrected chi connectivity index (χ3v) is 6.43. The fraction of sp³-hybridized carbons (Fsp3) is 0.308. The van der Waals surface area contributed by atoms with E-state index in [-0.39, 0.29) is 11.5 Å². The zero-order valence-corrected chi connectivity index (χ0v) is 18.8. The van der Waals surface area contributed by atoms with E-state index in [1.54, 1.807) is 42.3 Å². The molecule has 1 aliphatic heterocycles. The van der Waals surface area contributed by atoms with Crippen LogP contribution in [-0.2, 0) is 4.79 Å². The molecule has 1 aromatic heterocycles. The molecule has 3 rings (SSSR count). The van der Waals surface area contributed by atoms with Crippen molar-refractivity contribution in [2.45, 2.75) is 32.6 Å². The summed E-state index contributed by atoms with van der Waals surface area (Å²) < 4.78 is 28.8. The van der Waals surface area contributed by atoms with Gasteiger partial charge in [0.15, 0.2) is 0 Å². The Balaban J connectivity index is 1.86. The second-order valence-electron chi connectivity index (χ2n) is 8.15. The third-order valence-electron chi connectivity index (χ3n) is 6.43. The summed E-state index contributed by atoms with van der Waals surface area (Å²) in [5, 5.41) is 10.00. The Kier molecular flexibility index (Phi) is 7.49. The number of hydrogen-bond acceptors (Lipinski definition) is 4. The normalized spacial score (nSPS) is 17.2. The summed E-state index contributed by atoms with van der Waals surface area (Å²) in [5.41, 5.74) is 0.746. The Morgan fingerprint density at radius 1 is 1.27 bits per heavy atom. The first-order valence-corrected chi connectivity index (χ1v) is 10.8. The summed E-state index contributed by atoms with van der Waals surface area (Å²) in [4.78, 5) is 23.2. The highest BCUT2D eigenvalue weighted by atomic mass is 19.1. The summed E-state index contributed by atoms with van der Waals surface area (Å²) in [6.45, 7) is 7.77. The quantitative estimate of drug-likeness (QED) is 0.450. The van der Waals surface area contributed by atoms with Crippen molar-refractivity contribution in [3.8, 4) is 6.07 Å². The van der Waals surface area contributed by atoms with Crippen LogP contribution in [-0.4, -0.2) is 33.9 Å². The number of likely N-dealkylation sites (tertiary alicyclic amines) is 1. The van der Waals surface area contributed by atoms with Crippen molar-refractivity contribution in [1.82, 2.24) is 14.9 Å². The molecule has 0 radical (unpaired) electrons. The smallest absolute Gasteiger partial charge is 0.254 e. The lowest BCUT2D eigenvalue weighted by Crippen LogP contribution is -2.45. The van der Waals surface area contributed by atoms with Gasteiger partial charge in [-0.25, -0.2) is 18.7 Å². The average Bonchev–Trinajstić information content (AvgIpc) is 2.84. The zero-order chi connectivity index (χ0) is 24.0. The van der Waals surface area contributed by atoms with Crippen LogP contribution < -0.4 is 0 Å². The lowest BCUT2D eigenvalue weighted by atomic mass is 9.67. The molecule has 1 atom stereocenters. The maximum Gasteiger partial charge on any atom is 0.254 e. The number of carbonyl (C=O) groups is 1. The fourth-order valence-corrected chi connectivity index (χ4v) is 4.29. The van der Waals surface area contributed by atoms with Crippen molar-refractivity contribution in [1.29, 1.82) is 5.26 Å². The van der Waals surface area contributed by atoms with E-state index in [0.717, 1.165) is 0 Å². The number of nitriles is 1. The lowest BCUT2D eigenvalue weighted by molar-refractivity contribution is -0.128. The van der Waals surface area contributed by atoms with Crippen LogP contribution in [0.3, 0.4) is 0 Å². The predicted octanol–water partition coefficient (Wildman–Crippen LogP) is 5.21. The fourth-order valence-electron chi connectivity index (χ4n) is 4.29. The largest absolute Gasteiger partial charge is 0.339 e. The van der Waals surface area contributed by atoms with Gasteiger partial charge in [-0.15, -0.1) is 0 Å². The number of allylic oxidation sites excluding steroid dienone is 3. The Labute approximate surface area is 192 Å². The Bertz CT molecular complexity index is 1110. The van der Waals surface area contributed by atoms with Crippen LogP contribution in [0.4, 0.5) is 8.78 Å². The van der Waals surface area contributed by atoms with E-state index in [9.17, 15) is 18.8 Å². The number of amides is 1. The van der Waals surface area contributed by atoms with Crippen molar-refractivity contribution < 1.29 is 13.6 Å². The Morgan fingerprint density at radius 3 is 2.48 bits per heavy atom. The number of hydrogen-bond donors (Lipinski definition) is 0. The number of piperidine rings is 1. The zero-order valence-electron chi connectivity index (χ0n) is 18.8. The van der Waals surface area contributed by atoms with Gasteiger partial charge in [-0.1, -0.05) is 31.7 Å². The van der Waals surface area contributed by atoms with Crippen molar-refractivity contribution in [2.75, 3.05) is 13.1 Å². The molecule has 0 aliphatic carbocycles. The average molecular weight is 449 g/mol. The minimum Gasteiger partial charge on any atom is -0.339 e. The first kappa shape index (κ1) is 24.0.